The summed E-state index contributed by atoms with van der Waals surface area (Å²) in [6, 6.07) is 7.27. The lowest BCUT2D eigenvalue weighted by Crippen LogP contribution is -2.47. The zero-order valence-electron chi connectivity index (χ0n) is 21.1. The molecule has 1 unspecified atom stereocenters. The summed E-state index contributed by atoms with van der Waals surface area (Å²) in [5, 5.41) is 2.81. The number of β-lactam (4-membered cyclic amide) rings is 1. The molecule has 200 valence electrons. The molecule has 4 rings (SSSR count). The molecule has 1 N–H and O–H groups in total. The minimum absolute atomic E-state index is 0.0508. The van der Waals surface area contributed by atoms with Gasteiger partial charge < -0.3 is 14.8 Å². The molecular weight excluding hydrogens is 478 g/mol. The molecule has 1 aromatic rings. The molecule has 10 heteroatoms. The van der Waals surface area contributed by atoms with Crippen molar-refractivity contribution in [3.63, 3.8) is 0 Å². The van der Waals surface area contributed by atoms with E-state index in [1.807, 2.05) is 12.1 Å². The van der Waals surface area contributed by atoms with Gasteiger partial charge in [0, 0.05) is 31.5 Å². The maximum Gasteiger partial charge on any atom is 0.233 e. The van der Waals surface area contributed by atoms with Gasteiger partial charge in [0.25, 0.3) is 0 Å². The summed E-state index contributed by atoms with van der Waals surface area (Å²) in [4.78, 5) is 62.5. The van der Waals surface area contributed by atoms with Crippen LogP contribution < -0.4 is 5.32 Å². The molecule has 0 bridgehead atoms. The van der Waals surface area contributed by atoms with Gasteiger partial charge in [0.2, 0.25) is 29.5 Å². The molecule has 1 aliphatic carbocycles. The molecule has 3 fully saturated rings. The standard InChI is InChI=1S/C27H35N3O7/c31-23(28-21-7-4-19(5-8-21)6-9-24(32)29-12-10-25(29)33)11-14-36-16-17-37-15-13-30-26(34)18-22(27(30)35)20-2-1-3-20/h4-5,7-8,20,22H,1-3,6,9-18H2,(H,28,31). The Morgan fingerprint density at radius 3 is 2.27 bits per heavy atom. The summed E-state index contributed by atoms with van der Waals surface area (Å²) in [7, 11) is 0. The van der Waals surface area contributed by atoms with Crippen LogP contribution in [0.3, 0.4) is 0 Å². The summed E-state index contributed by atoms with van der Waals surface area (Å²) in [5.74, 6) is -0.335. The molecule has 3 aliphatic rings. The van der Waals surface area contributed by atoms with E-state index in [0.29, 0.717) is 50.6 Å². The number of imide groups is 2. The van der Waals surface area contributed by atoms with Crippen LogP contribution in [0.15, 0.2) is 24.3 Å². The monoisotopic (exact) mass is 513 g/mol. The Balaban J connectivity index is 1.02. The maximum absolute atomic E-state index is 12.4. The van der Waals surface area contributed by atoms with E-state index in [-0.39, 0.29) is 68.1 Å². The number of nitrogens with one attached hydrogen (secondary N) is 1. The van der Waals surface area contributed by atoms with Gasteiger partial charge in [-0.25, -0.2) is 0 Å². The molecule has 1 atom stereocenters. The number of ether oxygens (including phenoxy) is 2. The van der Waals surface area contributed by atoms with E-state index in [9.17, 15) is 24.0 Å². The minimum atomic E-state index is -0.174. The fourth-order valence-corrected chi connectivity index (χ4v) is 4.74. The Kier molecular flexibility index (Phi) is 9.40. The lowest BCUT2D eigenvalue weighted by atomic mass is 9.75. The van der Waals surface area contributed by atoms with E-state index < -0.39 is 0 Å². The van der Waals surface area contributed by atoms with Crippen LogP contribution in [-0.2, 0) is 39.9 Å². The average molecular weight is 514 g/mol. The number of hydrogen-bond acceptors (Lipinski definition) is 7. The van der Waals surface area contributed by atoms with Crippen molar-refractivity contribution in [2.45, 2.75) is 51.4 Å². The number of aryl methyl sites for hydroxylation is 1. The zero-order valence-corrected chi connectivity index (χ0v) is 21.1. The highest BCUT2D eigenvalue weighted by Crippen LogP contribution is 2.39. The predicted molar refractivity (Wildman–Crippen MR) is 133 cm³/mol. The Hall–Kier alpha value is -3.11. The van der Waals surface area contributed by atoms with Crippen LogP contribution in [0, 0.1) is 11.8 Å². The number of carbonyl (C=O) groups is 5. The molecule has 0 spiro atoms. The van der Waals surface area contributed by atoms with Crippen LogP contribution >= 0.6 is 0 Å². The Morgan fingerprint density at radius 1 is 0.919 bits per heavy atom. The first-order valence-electron chi connectivity index (χ1n) is 13.1. The number of carbonyl (C=O) groups excluding carboxylic acids is 5. The van der Waals surface area contributed by atoms with Crippen molar-refractivity contribution in [1.82, 2.24) is 9.80 Å². The van der Waals surface area contributed by atoms with Crippen LogP contribution in [0.4, 0.5) is 5.69 Å². The molecular formula is C27H35N3O7. The van der Waals surface area contributed by atoms with Gasteiger partial charge in [0.1, 0.15) is 0 Å². The number of benzene rings is 1. The summed E-state index contributed by atoms with van der Waals surface area (Å²) >= 11 is 0. The first-order valence-corrected chi connectivity index (χ1v) is 13.1. The van der Waals surface area contributed by atoms with Crippen molar-refractivity contribution in [3.05, 3.63) is 29.8 Å². The first-order chi connectivity index (χ1) is 17.9. The number of likely N-dealkylation sites (tertiary alicyclic amines) is 2. The SMILES string of the molecule is O=C(CCOCCOCCN1C(=O)CC(C2CCC2)C1=O)Nc1ccc(CCC(=O)N2CCC2=O)cc1. The Morgan fingerprint density at radius 2 is 1.65 bits per heavy atom. The fraction of sp³-hybridized carbons (Fsp3) is 0.593. The van der Waals surface area contributed by atoms with Gasteiger partial charge in [0.15, 0.2) is 0 Å². The quantitative estimate of drug-likeness (QED) is 0.229. The van der Waals surface area contributed by atoms with Crippen LogP contribution in [-0.4, -0.2) is 78.9 Å². The largest absolute Gasteiger partial charge is 0.379 e. The molecule has 10 nitrogen and oxygen atoms in total. The fourth-order valence-electron chi connectivity index (χ4n) is 4.74. The molecule has 2 heterocycles. The van der Waals surface area contributed by atoms with E-state index >= 15 is 0 Å². The highest BCUT2D eigenvalue weighted by Gasteiger charge is 2.44. The van der Waals surface area contributed by atoms with Crippen LogP contribution in [0.25, 0.3) is 0 Å². The van der Waals surface area contributed by atoms with Crippen molar-refractivity contribution in [2.24, 2.45) is 11.8 Å². The molecule has 1 aromatic carbocycles. The van der Waals surface area contributed by atoms with Crippen molar-refractivity contribution in [2.75, 3.05) is 44.8 Å². The zero-order chi connectivity index (χ0) is 26.2. The first kappa shape index (κ1) is 26.9. The van der Waals surface area contributed by atoms with Crippen molar-refractivity contribution in [3.8, 4) is 0 Å². The number of hydrogen-bond donors (Lipinski definition) is 1. The summed E-state index contributed by atoms with van der Waals surface area (Å²) in [6.45, 7) is 1.95. The second kappa shape index (κ2) is 12.9. The molecule has 0 radical (unpaired) electrons. The van der Waals surface area contributed by atoms with E-state index in [4.69, 9.17) is 9.47 Å². The van der Waals surface area contributed by atoms with Gasteiger partial charge in [-0.2, -0.15) is 0 Å². The average Bonchev–Trinajstić information content (AvgIpc) is 3.11. The van der Waals surface area contributed by atoms with Crippen molar-refractivity contribution >= 4 is 35.2 Å². The number of rotatable bonds is 14. The normalized spacial score (nSPS) is 19.7. The van der Waals surface area contributed by atoms with Crippen LogP contribution in [0.5, 0.6) is 0 Å². The summed E-state index contributed by atoms with van der Waals surface area (Å²) in [6.07, 6.45) is 5.04. The van der Waals surface area contributed by atoms with Crippen LogP contribution in [0.2, 0.25) is 0 Å². The van der Waals surface area contributed by atoms with Crippen molar-refractivity contribution < 1.29 is 33.4 Å². The van der Waals surface area contributed by atoms with Gasteiger partial charge in [-0.3, -0.25) is 33.8 Å². The van der Waals surface area contributed by atoms with E-state index in [2.05, 4.69) is 5.32 Å². The molecule has 1 saturated carbocycles. The molecule has 2 aliphatic heterocycles. The topological polar surface area (TPSA) is 122 Å². The highest BCUT2D eigenvalue weighted by molar-refractivity contribution is 6.03. The molecule has 2 saturated heterocycles. The lowest BCUT2D eigenvalue weighted by molar-refractivity contribution is -0.152. The third-order valence-electron chi connectivity index (χ3n) is 7.32. The van der Waals surface area contributed by atoms with Gasteiger partial charge in [-0.15, -0.1) is 0 Å². The predicted octanol–water partition coefficient (Wildman–Crippen LogP) is 1.92. The number of nitrogens with zero attached hydrogens (tertiary/aromatic N) is 2. The second-order valence-electron chi connectivity index (χ2n) is 9.79. The Bertz CT molecular complexity index is 1010. The van der Waals surface area contributed by atoms with E-state index in [1.54, 1.807) is 12.1 Å². The minimum Gasteiger partial charge on any atom is -0.379 e. The Labute approximate surface area is 216 Å². The van der Waals surface area contributed by atoms with Crippen molar-refractivity contribution in [1.29, 1.82) is 0 Å². The van der Waals surface area contributed by atoms with Gasteiger partial charge in [-0.1, -0.05) is 18.6 Å². The van der Waals surface area contributed by atoms with Gasteiger partial charge in [-0.05, 0) is 42.9 Å². The van der Waals surface area contributed by atoms with Gasteiger partial charge >= 0.3 is 0 Å². The number of anilines is 1. The maximum atomic E-state index is 12.4. The lowest BCUT2D eigenvalue weighted by Gasteiger charge is -2.29. The van der Waals surface area contributed by atoms with Gasteiger partial charge in [0.05, 0.1) is 45.3 Å². The molecule has 5 amide bonds. The highest BCUT2D eigenvalue weighted by atomic mass is 16.5. The molecule has 0 aromatic heterocycles. The second-order valence-corrected chi connectivity index (χ2v) is 9.79. The van der Waals surface area contributed by atoms with Crippen LogP contribution in [0.1, 0.15) is 50.5 Å². The van der Waals surface area contributed by atoms with E-state index in [0.717, 1.165) is 24.8 Å². The summed E-state index contributed by atoms with van der Waals surface area (Å²) < 4.78 is 10.9. The number of amides is 5. The third kappa shape index (κ3) is 7.23. The van der Waals surface area contributed by atoms with E-state index in [1.165, 1.54) is 9.80 Å². The smallest absolute Gasteiger partial charge is 0.233 e. The molecule has 37 heavy (non-hydrogen) atoms. The third-order valence-corrected chi connectivity index (χ3v) is 7.32. The summed E-state index contributed by atoms with van der Waals surface area (Å²) in [5.41, 5.74) is 1.62.